The van der Waals surface area contributed by atoms with Crippen LogP contribution < -0.4 is 11.1 Å². The van der Waals surface area contributed by atoms with E-state index in [0.717, 1.165) is 19.6 Å². The van der Waals surface area contributed by atoms with Gasteiger partial charge in [-0.1, -0.05) is 13.8 Å². The fraction of sp³-hybridized carbons (Fsp3) is 0.923. The zero-order valence-corrected chi connectivity index (χ0v) is 11.0. The summed E-state index contributed by atoms with van der Waals surface area (Å²) in [5, 5.41) is 3.34. The van der Waals surface area contributed by atoms with Crippen molar-refractivity contribution in [2.75, 3.05) is 19.6 Å². The molecule has 0 aromatic carbocycles. The summed E-state index contributed by atoms with van der Waals surface area (Å²) in [5.41, 5.74) is 5.92. The molecule has 0 radical (unpaired) electrons. The molecule has 1 unspecified atom stereocenters. The van der Waals surface area contributed by atoms with Crippen molar-refractivity contribution in [2.45, 2.75) is 51.6 Å². The third-order valence-electron chi connectivity index (χ3n) is 4.01. The van der Waals surface area contributed by atoms with Crippen molar-refractivity contribution < 1.29 is 4.79 Å². The molecule has 1 amide bonds. The number of piperidine rings is 1. The number of carbonyl (C=O) groups is 1. The standard InChI is InChI=1S/C13H25N3O/c1-13(2)5-7-16(8-6-13)9-11(12(14)17)15-10-3-4-10/h10-11,15H,3-9H2,1-2H3,(H2,14,17). The summed E-state index contributed by atoms with van der Waals surface area (Å²) in [4.78, 5) is 13.8. The summed E-state index contributed by atoms with van der Waals surface area (Å²) in [6, 6.07) is 0.373. The van der Waals surface area contributed by atoms with E-state index >= 15 is 0 Å². The molecule has 2 rings (SSSR count). The summed E-state index contributed by atoms with van der Waals surface area (Å²) < 4.78 is 0. The second-order valence-corrected chi connectivity index (χ2v) is 6.36. The van der Waals surface area contributed by atoms with Gasteiger partial charge >= 0.3 is 0 Å². The SMILES string of the molecule is CC1(C)CCN(CC(NC2CC2)C(N)=O)CC1. The van der Waals surface area contributed by atoms with E-state index in [4.69, 9.17) is 5.73 Å². The Morgan fingerprint density at radius 2 is 2.00 bits per heavy atom. The molecule has 2 aliphatic rings. The lowest BCUT2D eigenvalue weighted by molar-refractivity contribution is -0.120. The van der Waals surface area contributed by atoms with Crippen molar-refractivity contribution in [2.24, 2.45) is 11.1 Å². The Kier molecular flexibility index (Phi) is 3.73. The van der Waals surface area contributed by atoms with Gasteiger partial charge in [0.05, 0.1) is 6.04 Å². The summed E-state index contributed by atoms with van der Waals surface area (Å²) in [6.45, 7) is 7.59. The van der Waals surface area contributed by atoms with Crippen molar-refractivity contribution in [1.29, 1.82) is 0 Å². The highest BCUT2D eigenvalue weighted by Crippen LogP contribution is 2.29. The number of hydrogen-bond acceptors (Lipinski definition) is 3. The highest BCUT2D eigenvalue weighted by Gasteiger charge is 2.31. The predicted octanol–water partition coefficient (Wildman–Crippen LogP) is 0.714. The number of nitrogens with zero attached hydrogens (tertiary/aromatic N) is 1. The van der Waals surface area contributed by atoms with Crippen molar-refractivity contribution in [1.82, 2.24) is 10.2 Å². The summed E-state index contributed by atoms with van der Waals surface area (Å²) >= 11 is 0. The highest BCUT2D eigenvalue weighted by molar-refractivity contribution is 5.80. The third kappa shape index (κ3) is 3.96. The lowest BCUT2D eigenvalue weighted by Gasteiger charge is -2.38. The van der Waals surface area contributed by atoms with Gasteiger partial charge in [-0.05, 0) is 44.2 Å². The Labute approximate surface area is 104 Å². The van der Waals surface area contributed by atoms with Crippen LogP contribution in [0.1, 0.15) is 39.5 Å². The molecular formula is C13H25N3O. The number of likely N-dealkylation sites (tertiary alicyclic amines) is 1. The predicted molar refractivity (Wildman–Crippen MR) is 68.6 cm³/mol. The van der Waals surface area contributed by atoms with Gasteiger partial charge in [-0.15, -0.1) is 0 Å². The molecule has 0 aromatic rings. The highest BCUT2D eigenvalue weighted by atomic mass is 16.1. The van der Waals surface area contributed by atoms with Gasteiger partial charge in [0.15, 0.2) is 0 Å². The maximum absolute atomic E-state index is 11.4. The zero-order valence-electron chi connectivity index (χ0n) is 11.0. The van der Waals surface area contributed by atoms with Crippen molar-refractivity contribution in [3.05, 3.63) is 0 Å². The topological polar surface area (TPSA) is 58.4 Å². The second-order valence-electron chi connectivity index (χ2n) is 6.36. The first kappa shape index (κ1) is 12.8. The second kappa shape index (κ2) is 4.94. The van der Waals surface area contributed by atoms with Crippen LogP contribution in [0.3, 0.4) is 0 Å². The molecule has 0 spiro atoms. The molecular weight excluding hydrogens is 214 g/mol. The minimum atomic E-state index is -0.207. The van der Waals surface area contributed by atoms with E-state index in [2.05, 4.69) is 24.1 Å². The van der Waals surface area contributed by atoms with E-state index in [-0.39, 0.29) is 11.9 Å². The molecule has 1 heterocycles. The minimum Gasteiger partial charge on any atom is -0.368 e. The summed E-state index contributed by atoms with van der Waals surface area (Å²) in [5.74, 6) is -0.207. The Morgan fingerprint density at radius 1 is 1.41 bits per heavy atom. The van der Waals surface area contributed by atoms with Gasteiger partial charge in [-0.25, -0.2) is 0 Å². The number of rotatable bonds is 5. The zero-order chi connectivity index (χ0) is 12.5. The molecule has 17 heavy (non-hydrogen) atoms. The van der Waals surface area contributed by atoms with Gasteiger partial charge in [0, 0.05) is 12.6 Å². The van der Waals surface area contributed by atoms with E-state index in [1.807, 2.05) is 0 Å². The fourth-order valence-corrected chi connectivity index (χ4v) is 2.36. The lowest BCUT2D eigenvalue weighted by Crippen LogP contribution is -2.51. The van der Waals surface area contributed by atoms with Crippen molar-refractivity contribution in [3.63, 3.8) is 0 Å². The monoisotopic (exact) mass is 239 g/mol. The van der Waals surface area contributed by atoms with E-state index in [1.54, 1.807) is 0 Å². The molecule has 2 fully saturated rings. The quantitative estimate of drug-likeness (QED) is 0.743. The van der Waals surface area contributed by atoms with Crippen molar-refractivity contribution >= 4 is 5.91 Å². The van der Waals surface area contributed by atoms with Crippen LogP contribution in [-0.4, -0.2) is 42.5 Å². The van der Waals surface area contributed by atoms with Gasteiger partial charge in [0.1, 0.15) is 0 Å². The molecule has 1 saturated carbocycles. The first-order valence-corrected chi connectivity index (χ1v) is 6.74. The normalized spacial score (nSPS) is 26.7. The summed E-state index contributed by atoms with van der Waals surface area (Å²) in [7, 11) is 0. The largest absolute Gasteiger partial charge is 0.368 e. The molecule has 3 N–H and O–H groups in total. The number of carbonyl (C=O) groups excluding carboxylic acids is 1. The van der Waals surface area contributed by atoms with Gasteiger partial charge in [0.2, 0.25) is 5.91 Å². The number of nitrogens with one attached hydrogen (secondary N) is 1. The summed E-state index contributed by atoms with van der Waals surface area (Å²) in [6.07, 6.45) is 4.80. The number of primary amides is 1. The van der Waals surface area contributed by atoms with E-state index in [1.165, 1.54) is 25.7 Å². The van der Waals surface area contributed by atoms with Gasteiger partial charge in [-0.2, -0.15) is 0 Å². The van der Waals surface area contributed by atoms with Crippen LogP contribution >= 0.6 is 0 Å². The smallest absolute Gasteiger partial charge is 0.235 e. The average molecular weight is 239 g/mol. The first-order chi connectivity index (χ1) is 7.96. The van der Waals surface area contributed by atoms with Crippen LogP contribution in [0.15, 0.2) is 0 Å². The van der Waals surface area contributed by atoms with Crippen LogP contribution in [0, 0.1) is 5.41 Å². The third-order valence-corrected chi connectivity index (χ3v) is 4.01. The van der Waals surface area contributed by atoms with Gasteiger partial charge < -0.3 is 16.0 Å². The average Bonchev–Trinajstić information content (AvgIpc) is 3.03. The maximum Gasteiger partial charge on any atom is 0.235 e. The van der Waals surface area contributed by atoms with Crippen LogP contribution in [0.2, 0.25) is 0 Å². The molecule has 98 valence electrons. The van der Waals surface area contributed by atoms with E-state index in [9.17, 15) is 4.79 Å². The number of amides is 1. The molecule has 0 aromatic heterocycles. The van der Waals surface area contributed by atoms with Gasteiger partial charge in [-0.3, -0.25) is 4.79 Å². The number of hydrogen-bond donors (Lipinski definition) is 2. The maximum atomic E-state index is 11.4. The molecule has 4 nitrogen and oxygen atoms in total. The Hall–Kier alpha value is -0.610. The van der Waals surface area contributed by atoms with E-state index < -0.39 is 0 Å². The lowest BCUT2D eigenvalue weighted by atomic mass is 9.82. The molecule has 1 atom stereocenters. The Balaban J connectivity index is 1.79. The molecule has 4 heteroatoms. The van der Waals surface area contributed by atoms with E-state index in [0.29, 0.717) is 11.5 Å². The number of nitrogens with two attached hydrogens (primary N) is 1. The Morgan fingerprint density at radius 3 is 2.47 bits per heavy atom. The van der Waals surface area contributed by atoms with Crippen LogP contribution in [0.5, 0.6) is 0 Å². The molecule has 0 bridgehead atoms. The van der Waals surface area contributed by atoms with Crippen molar-refractivity contribution in [3.8, 4) is 0 Å². The first-order valence-electron chi connectivity index (χ1n) is 6.74. The van der Waals surface area contributed by atoms with Crippen LogP contribution in [0.25, 0.3) is 0 Å². The Bertz CT molecular complexity index is 276. The van der Waals surface area contributed by atoms with Crippen LogP contribution in [-0.2, 0) is 4.79 Å². The minimum absolute atomic E-state index is 0.163. The molecule has 1 aliphatic carbocycles. The van der Waals surface area contributed by atoms with Crippen LogP contribution in [0.4, 0.5) is 0 Å². The van der Waals surface area contributed by atoms with Gasteiger partial charge in [0.25, 0.3) is 0 Å². The molecule has 1 aliphatic heterocycles. The molecule has 1 saturated heterocycles. The fourth-order valence-electron chi connectivity index (χ4n) is 2.36.